The smallest absolute Gasteiger partial charge is 0.303 e. The van der Waals surface area contributed by atoms with Gasteiger partial charge in [-0.2, -0.15) is 0 Å². The molecule has 0 aromatic heterocycles. The SMILES string of the molecule is CC(=O)OC(C)(C)C(=O)NS(=O)(=O)c1ccc(N)cc1. The van der Waals surface area contributed by atoms with Crippen molar-refractivity contribution >= 4 is 27.6 Å². The molecule has 0 saturated carbocycles. The van der Waals surface area contributed by atoms with E-state index in [1.807, 2.05) is 4.72 Å². The Bertz CT molecular complexity index is 620. The van der Waals surface area contributed by atoms with Crippen molar-refractivity contribution in [3.63, 3.8) is 0 Å². The number of sulfonamides is 1. The molecule has 0 saturated heterocycles. The summed E-state index contributed by atoms with van der Waals surface area (Å²) in [5.41, 5.74) is 4.26. The monoisotopic (exact) mass is 300 g/mol. The van der Waals surface area contributed by atoms with Crippen LogP contribution < -0.4 is 10.5 Å². The molecule has 20 heavy (non-hydrogen) atoms. The Morgan fingerprint density at radius 3 is 2.15 bits per heavy atom. The lowest BCUT2D eigenvalue weighted by atomic mass is 10.1. The first-order valence-electron chi connectivity index (χ1n) is 5.67. The maximum Gasteiger partial charge on any atom is 0.303 e. The van der Waals surface area contributed by atoms with Crippen LogP contribution in [0.2, 0.25) is 0 Å². The molecule has 7 nitrogen and oxygen atoms in total. The largest absolute Gasteiger partial charge is 0.450 e. The molecule has 1 rings (SSSR count). The van der Waals surface area contributed by atoms with Crippen LogP contribution in [0, 0.1) is 0 Å². The summed E-state index contributed by atoms with van der Waals surface area (Å²) in [4.78, 5) is 22.6. The molecule has 0 bridgehead atoms. The number of hydrogen-bond acceptors (Lipinski definition) is 6. The molecule has 0 aliphatic carbocycles. The average Bonchev–Trinajstić information content (AvgIpc) is 2.27. The minimum Gasteiger partial charge on any atom is -0.450 e. The van der Waals surface area contributed by atoms with E-state index in [4.69, 9.17) is 10.5 Å². The van der Waals surface area contributed by atoms with E-state index in [2.05, 4.69) is 0 Å². The third kappa shape index (κ3) is 3.95. The lowest BCUT2D eigenvalue weighted by Crippen LogP contribution is -2.47. The van der Waals surface area contributed by atoms with Crippen molar-refractivity contribution in [3.8, 4) is 0 Å². The number of rotatable bonds is 4. The quantitative estimate of drug-likeness (QED) is 0.615. The zero-order valence-electron chi connectivity index (χ0n) is 11.3. The van der Waals surface area contributed by atoms with Crippen LogP contribution in [0.5, 0.6) is 0 Å². The topological polar surface area (TPSA) is 116 Å². The predicted octanol–water partition coefficient (Wildman–Crippen LogP) is 0.415. The summed E-state index contributed by atoms with van der Waals surface area (Å²) in [5.74, 6) is -1.63. The zero-order chi connectivity index (χ0) is 15.6. The van der Waals surface area contributed by atoms with Gasteiger partial charge < -0.3 is 10.5 Å². The molecule has 110 valence electrons. The van der Waals surface area contributed by atoms with Gasteiger partial charge in [0.2, 0.25) is 0 Å². The standard InChI is InChI=1S/C12H16N2O5S/c1-8(15)19-12(2,3)11(16)14-20(17,18)10-6-4-9(13)5-7-10/h4-7H,13H2,1-3H3,(H,14,16). The zero-order valence-corrected chi connectivity index (χ0v) is 12.2. The Morgan fingerprint density at radius 1 is 1.20 bits per heavy atom. The van der Waals surface area contributed by atoms with Gasteiger partial charge in [-0.15, -0.1) is 0 Å². The first kappa shape index (κ1) is 16.0. The van der Waals surface area contributed by atoms with Crippen LogP contribution in [-0.2, 0) is 24.3 Å². The van der Waals surface area contributed by atoms with Gasteiger partial charge in [0.1, 0.15) is 0 Å². The molecule has 0 aliphatic rings. The second-order valence-corrected chi connectivity index (χ2v) is 6.29. The molecule has 0 spiro atoms. The van der Waals surface area contributed by atoms with Crippen molar-refractivity contribution < 1.29 is 22.7 Å². The molecule has 8 heteroatoms. The van der Waals surface area contributed by atoms with Gasteiger partial charge in [-0.3, -0.25) is 9.59 Å². The van der Waals surface area contributed by atoms with Crippen LogP contribution >= 0.6 is 0 Å². The number of nitrogen functional groups attached to an aromatic ring is 1. The summed E-state index contributed by atoms with van der Waals surface area (Å²) in [6.45, 7) is 3.72. The lowest BCUT2D eigenvalue weighted by Gasteiger charge is -2.22. The van der Waals surface area contributed by atoms with Crippen molar-refractivity contribution in [2.75, 3.05) is 5.73 Å². The van der Waals surface area contributed by atoms with E-state index in [9.17, 15) is 18.0 Å². The molecular weight excluding hydrogens is 284 g/mol. The highest BCUT2D eigenvalue weighted by Crippen LogP contribution is 2.15. The number of esters is 1. The summed E-state index contributed by atoms with van der Waals surface area (Å²) < 4.78 is 30.6. The molecule has 0 radical (unpaired) electrons. The highest BCUT2D eigenvalue weighted by atomic mass is 32.2. The second-order valence-electron chi connectivity index (χ2n) is 4.61. The van der Waals surface area contributed by atoms with Crippen LogP contribution in [-0.4, -0.2) is 25.9 Å². The summed E-state index contributed by atoms with van der Waals surface area (Å²) in [6, 6.07) is 5.33. The molecular formula is C12H16N2O5S. The third-order valence-electron chi connectivity index (χ3n) is 2.36. The van der Waals surface area contributed by atoms with Gasteiger partial charge in [0.25, 0.3) is 15.9 Å². The Kier molecular flexibility index (Phi) is 4.39. The minimum atomic E-state index is -4.04. The molecule has 0 fully saturated rings. The van der Waals surface area contributed by atoms with Crippen LogP contribution in [0.25, 0.3) is 0 Å². The fourth-order valence-corrected chi connectivity index (χ4v) is 2.46. The fourth-order valence-electron chi connectivity index (χ4n) is 1.36. The maximum atomic E-state index is 12.0. The molecule has 1 aromatic rings. The van der Waals surface area contributed by atoms with Gasteiger partial charge >= 0.3 is 5.97 Å². The summed E-state index contributed by atoms with van der Waals surface area (Å²) in [6.07, 6.45) is 0. The third-order valence-corrected chi connectivity index (χ3v) is 3.71. The fraction of sp³-hybridized carbons (Fsp3) is 0.333. The number of ether oxygens (including phenoxy) is 1. The Morgan fingerprint density at radius 2 is 1.70 bits per heavy atom. The number of nitrogens with two attached hydrogens (primary N) is 1. The highest BCUT2D eigenvalue weighted by Gasteiger charge is 2.34. The van der Waals surface area contributed by atoms with Gasteiger partial charge in [-0.1, -0.05) is 0 Å². The molecule has 0 heterocycles. The number of amides is 1. The van der Waals surface area contributed by atoms with Crippen molar-refractivity contribution in [3.05, 3.63) is 24.3 Å². The number of benzene rings is 1. The van der Waals surface area contributed by atoms with Crippen LogP contribution in [0.4, 0.5) is 5.69 Å². The first-order chi connectivity index (χ1) is 9.04. The van der Waals surface area contributed by atoms with Crippen molar-refractivity contribution in [2.45, 2.75) is 31.3 Å². The molecule has 0 atom stereocenters. The predicted molar refractivity (Wildman–Crippen MR) is 72.0 cm³/mol. The summed E-state index contributed by atoms with van der Waals surface area (Å²) in [5, 5.41) is 0. The summed E-state index contributed by atoms with van der Waals surface area (Å²) >= 11 is 0. The molecule has 1 aromatic carbocycles. The van der Waals surface area contributed by atoms with Gasteiger partial charge in [0, 0.05) is 12.6 Å². The van der Waals surface area contributed by atoms with Gasteiger partial charge in [0.15, 0.2) is 5.60 Å². The van der Waals surface area contributed by atoms with E-state index in [0.717, 1.165) is 6.92 Å². The van der Waals surface area contributed by atoms with Gasteiger partial charge in [0.05, 0.1) is 4.90 Å². The van der Waals surface area contributed by atoms with E-state index in [1.165, 1.54) is 38.1 Å². The minimum absolute atomic E-state index is 0.112. The van der Waals surface area contributed by atoms with Gasteiger partial charge in [-0.05, 0) is 38.1 Å². The molecule has 1 amide bonds. The molecule has 3 N–H and O–H groups in total. The Hall–Kier alpha value is -2.09. The van der Waals surface area contributed by atoms with Crippen molar-refractivity contribution in [1.82, 2.24) is 4.72 Å². The Labute approximate surface area is 117 Å². The van der Waals surface area contributed by atoms with Crippen molar-refractivity contribution in [1.29, 1.82) is 0 Å². The van der Waals surface area contributed by atoms with Crippen LogP contribution in [0.15, 0.2) is 29.2 Å². The molecule has 0 aliphatic heterocycles. The van der Waals surface area contributed by atoms with Crippen LogP contribution in [0.1, 0.15) is 20.8 Å². The normalized spacial score (nSPS) is 11.8. The first-order valence-corrected chi connectivity index (χ1v) is 7.15. The van der Waals surface area contributed by atoms with E-state index in [-0.39, 0.29) is 4.90 Å². The van der Waals surface area contributed by atoms with E-state index >= 15 is 0 Å². The van der Waals surface area contributed by atoms with E-state index in [1.54, 1.807) is 0 Å². The van der Waals surface area contributed by atoms with Gasteiger partial charge in [-0.25, -0.2) is 13.1 Å². The highest BCUT2D eigenvalue weighted by molar-refractivity contribution is 7.90. The number of nitrogens with one attached hydrogen (secondary N) is 1. The summed E-state index contributed by atoms with van der Waals surface area (Å²) in [7, 11) is -4.04. The van der Waals surface area contributed by atoms with Crippen LogP contribution in [0.3, 0.4) is 0 Å². The number of carbonyl (C=O) groups excluding carboxylic acids is 2. The number of hydrogen-bond donors (Lipinski definition) is 2. The second kappa shape index (κ2) is 5.49. The van der Waals surface area contributed by atoms with E-state index < -0.39 is 27.5 Å². The maximum absolute atomic E-state index is 12.0. The molecule has 0 unspecified atom stereocenters. The number of carbonyl (C=O) groups is 2. The average molecular weight is 300 g/mol. The Balaban J connectivity index is 2.94. The lowest BCUT2D eigenvalue weighted by molar-refractivity contribution is -0.162. The van der Waals surface area contributed by atoms with Crippen molar-refractivity contribution in [2.24, 2.45) is 0 Å². The number of anilines is 1. The van der Waals surface area contributed by atoms with E-state index in [0.29, 0.717) is 5.69 Å².